The summed E-state index contributed by atoms with van der Waals surface area (Å²) in [6.07, 6.45) is 8.45. The number of imidazole rings is 1. The molecule has 5 heteroatoms. The Morgan fingerprint density at radius 3 is 3.00 bits per heavy atom. The molecule has 3 rings (SSSR count). The molecule has 0 bridgehead atoms. The van der Waals surface area contributed by atoms with Crippen molar-refractivity contribution in [3.05, 3.63) is 36.2 Å². The molecule has 0 spiro atoms. The molecule has 5 nitrogen and oxygen atoms in total. The second-order valence-corrected chi connectivity index (χ2v) is 4.61. The molecule has 2 aromatic rings. The van der Waals surface area contributed by atoms with Gasteiger partial charge in [0.15, 0.2) is 0 Å². The van der Waals surface area contributed by atoms with Crippen molar-refractivity contribution >= 4 is 0 Å². The standard InChI is InChI=1S/C12H17N5/c1-16-6-4-11(15-16)9-17-7-5-13-12(17)8-14-10-2-3-10/h4-7,10,14H,2-3,8-9H2,1H3. The van der Waals surface area contributed by atoms with Gasteiger partial charge in [0.2, 0.25) is 0 Å². The molecule has 1 aliphatic carbocycles. The maximum atomic E-state index is 4.38. The van der Waals surface area contributed by atoms with E-state index in [4.69, 9.17) is 0 Å². The predicted octanol–water partition coefficient (Wildman–Crippen LogP) is 0.917. The Hall–Kier alpha value is -1.62. The van der Waals surface area contributed by atoms with Crippen molar-refractivity contribution in [3.63, 3.8) is 0 Å². The topological polar surface area (TPSA) is 47.7 Å². The quantitative estimate of drug-likeness (QED) is 0.832. The molecular weight excluding hydrogens is 214 g/mol. The van der Waals surface area contributed by atoms with Crippen LogP contribution >= 0.6 is 0 Å². The number of nitrogens with one attached hydrogen (secondary N) is 1. The highest BCUT2D eigenvalue weighted by Crippen LogP contribution is 2.19. The van der Waals surface area contributed by atoms with Crippen molar-refractivity contribution in [1.82, 2.24) is 24.6 Å². The SMILES string of the molecule is Cn1ccc(Cn2ccnc2CNC2CC2)n1. The van der Waals surface area contributed by atoms with E-state index in [9.17, 15) is 0 Å². The van der Waals surface area contributed by atoms with Gasteiger partial charge < -0.3 is 9.88 Å². The van der Waals surface area contributed by atoms with Crippen LogP contribution < -0.4 is 5.32 Å². The molecule has 2 heterocycles. The highest BCUT2D eigenvalue weighted by molar-refractivity contribution is 5.03. The lowest BCUT2D eigenvalue weighted by molar-refractivity contribution is 0.610. The van der Waals surface area contributed by atoms with E-state index < -0.39 is 0 Å². The van der Waals surface area contributed by atoms with Crippen LogP contribution in [0, 0.1) is 0 Å². The summed E-state index contributed by atoms with van der Waals surface area (Å²) >= 11 is 0. The fourth-order valence-corrected chi connectivity index (χ4v) is 1.90. The van der Waals surface area contributed by atoms with Crippen LogP contribution in [0.5, 0.6) is 0 Å². The number of rotatable bonds is 5. The molecule has 0 saturated heterocycles. The Labute approximate surface area is 100 Å². The molecule has 0 amide bonds. The second-order valence-electron chi connectivity index (χ2n) is 4.61. The third kappa shape index (κ3) is 2.55. The molecule has 1 aliphatic rings. The van der Waals surface area contributed by atoms with Crippen molar-refractivity contribution in [1.29, 1.82) is 0 Å². The van der Waals surface area contributed by atoms with Crippen LogP contribution in [0.25, 0.3) is 0 Å². The van der Waals surface area contributed by atoms with Crippen molar-refractivity contribution in [3.8, 4) is 0 Å². The summed E-state index contributed by atoms with van der Waals surface area (Å²) in [4.78, 5) is 4.38. The molecular formula is C12H17N5. The maximum Gasteiger partial charge on any atom is 0.123 e. The fourth-order valence-electron chi connectivity index (χ4n) is 1.90. The van der Waals surface area contributed by atoms with E-state index in [1.54, 1.807) is 0 Å². The first-order chi connectivity index (χ1) is 8.31. The van der Waals surface area contributed by atoms with Gasteiger partial charge in [-0.25, -0.2) is 4.98 Å². The van der Waals surface area contributed by atoms with Crippen molar-refractivity contribution in [2.24, 2.45) is 7.05 Å². The maximum absolute atomic E-state index is 4.38. The van der Waals surface area contributed by atoms with Crippen LogP contribution in [0.4, 0.5) is 0 Å². The molecule has 1 N–H and O–H groups in total. The summed E-state index contributed by atoms with van der Waals surface area (Å²) in [5.74, 6) is 1.09. The minimum atomic E-state index is 0.718. The molecule has 0 radical (unpaired) electrons. The summed E-state index contributed by atoms with van der Waals surface area (Å²) in [7, 11) is 1.94. The monoisotopic (exact) mass is 231 g/mol. The highest BCUT2D eigenvalue weighted by Gasteiger charge is 2.20. The van der Waals surface area contributed by atoms with Crippen molar-refractivity contribution in [2.75, 3.05) is 0 Å². The summed E-state index contributed by atoms with van der Waals surface area (Å²) in [6.45, 7) is 1.65. The Morgan fingerprint density at radius 1 is 1.41 bits per heavy atom. The zero-order valence-corrected chi connectivity index (χ0v) is 10.0. The zero-order valence-electron chi connectivity index (χ0n) is 10.0. The van der Waals surface area contributed by atoms with Crippen LogP contribution in [0.3, 0.4) is 0 Å². The minimum absolute atomic E-state index is 0.718. The molecule has 1 saturated carbocycles. The molecule has 0 aliphatic heterocycles. The van der Waals surface area contributed by atoms with E-state index in [1.165, 1.54) is 12.8 Å². The molecule has 0 atom stereocenters. The molecule has 0 unspecified atom stereocenters. The Bertz CT molecular complexity index is 494. The van der Waals surface area contributed by atoms with Crippen LogP contribution in [0.2, 0.25) is 0 Å². The number of aromatic nitrogens is 4. The third-order valence-corrected chi connectivity index (χ3v) is 3.03. The van der Waals surface area contributed by atoms with Gasteiger partial charge in [0.1, 0.15) is 5.82 Å². The Kier molecular flexibility index (Phi) is 2.68. The van der Waals surface area contributed by atoms with Gasteiger partial charge in [-0.1, -0.05) is 0 Å². The highest BCUT2D eigenvalue weighted by atomic mass is 15.3. The molecule has 90 valence electrons. The van der Waals surface area contributed by atoms with Gasteiger partial charge in [0, 0.05) is 31.7 Å². The lowest BCUT2D eigenvalue weighted by Crippen LogP contribution is -2.19. The largest absolute Gasteiger partial charge is 0.328 e. The fraction of sp³-hybridized carbons (Fsp3) is 0.500. The molecule has 17 heavy (non-hydrogen) atoms. The molecule has 0 aromatic carbocycles. The number of hydrogen-bond acceptors (Lipinski definition) is 3. The van der Waals surface area contributed by atoms with Gasteiger partial charge in [-0.2, -0.15) is 5.10 Å². The summed E-state index contributed by atoms with van der Waals surface area (Å²) in [6, 6.07) is 2.76. The van der Waals surface area contributed by atoms with E-state index in [2.05, 4.69) is 20.0 Å². The summed E-state index contributed by atoms with van der Waals surface area (Å²) in [5, 5.41) is 7.86. The smallest absolute Gasteiger partial charge is 0.123 e. The van der Waals surface area contributed by atoms with Crippen molar-refractivity contribution in [2.45, 2.75) is 32.0 Å². The predicted molar refractivity (Wildman–Crippen MR) is 64.4 cm³/mol. The Balaban J connectivity index is 1.67. The van der Waals surface area contributed by atoms with Gasteiger partial charge in [-0.15, -0.1) is 0 Å². The number of aryl methyl sites for hydroxylation is 1. The van der Waals surface area contributed by atoms with Gasteiger partial charge in [-0.05, 0) is 18.9 Å². The van der Waals surface area contributed by atoms with E-state index >= 15 is 0 Å². The lowest BCUT2D eigenvalue weighted by Gasteiger charge is -2.06. The van der Waals surface area contributed by atoms with Crippen LogP contribution in [-0.4, -0.2) is 25.4 Å². The normalized spacial score (nSPS) is 15.4. The summed E-state index contributed by atoms with van der Waals surface area (Å²) < 4.78 is 3.98. The van der Waals surface area contributed by atoms with Gasteiger partial charge in [0.05, 0.1) is 18.8 Å². The number of nitrogens with zero attached hydrogens (tertiary/aromatic N) is 4. The van der Waals surface area contributed by atoms with E-state index in [1.807, 2.05) is 36.4 Å². The first kappa shape index (κ1) is 10.5. The molecule has 2 aromatic heterocycles. The Morgan fingerprint density at radius 2 is 2.29 bits per heavy atom. The van der Waals surface area contributed by atoms with Crippen molar-refractivity contribution < 1.29 is 0 Å². The van der Waals surface area contributed by atoms with Gasteiger partial charge in [-0.3, -0.25) is 4.68 Å². The first-order valence-electron chi connectivity index (χ1n) is 6.03. The lowest BCUT2D eigenvalue weighted by atomic mass is 10.4. The first-order valence-corrected chi connectivity index (χ1v) is 6.03. The average molecular weight is 231 g/mol. The van der Waals surface area contributed by atoms with E-state index in [0.717, 1.165) is 30.6 Å². The van der Waals surface area contributed by atoms with Crippen LogP contribution in [-0.2, 0) is 20.1 Å². The molecule has 1 fully saturated rings. The van der Waals surface area contributed by atoms with E-state index in [0.29, 0.717) is 0 Å². The average Bonchev–Trinajstić information content (AvgIpc) is 2.90. The van der Waals surface area contributed by atoms with Gasteiger partial charge >= 0.3 is 0 Å². The second kappa shape index (κ2) is 4.33. The van der Waals surface area contributed by atoms with Crippen LogP contribution in [0.15, 0.2) is 24.7 Å². The van der Waals surface area contributed by atoms with Gasteiger partial charge in [0.25, 0.3) is 0 Å². The zero-order chi connectivity index (χ0) is 11.7. The minimum Gasteiger partial charge on any atom is -0.328 e. The van der Waals surface area contributed by atoms with E-state index in [-0.39, 0.29) is 0 Å². The van der Waals surface area contributed by atoms with Crippen LogP contribution in [0.1, 0.15) is 24.4 Å². The number of hydrogen-bond donors (Lipinski definition) is 1. The summed E-state index contributed by atoms with van der Waals surface area (Å²) in [5.41, 5.74) is 1.07. The third-order valence-electron chi connectivity index (χ3n) is 3.03.